The molecule has 2 rings (SSSR count). The predicted octanol–water partition coefficient (Wildman–Crippen LogP) is 3.60. The molecule has 0 aliphatic carbocycles. The zero-order valence-electron chi connectivity index (χ0n) is 10.9. The zero-order chi connectivity index (χ0) is 15.6. The van der Waals surface area contributed by atoms with Crippen molar-refractivity contribution in [3.05, 3.63) is 63.6 Å². The quantitative estimate of drug-likeness (QED) is 0.862. The van der Waals surface area contributed by atoms with Crippen LogP contribution in [-0.4, -0.2) is 20.5 Å². The maximum absolute atomic E-state index is 12.3. The van der Waals surface area contributed by atoms with Crippen LogP contribution in [0.4, 0.5) is 5.69 Å². The first-order valence-electron chi connectivity index (χ1n) is 5.84. The maximum Gasteiger partial charge on any atom is 0.229 e. The van der Waals surface area contributed by atoms with Crippen LogP contribution in [0.15, 0.2) is 42.5 Å². The highest BCUT2D eigenvalue weighted by Crippen LogP contribution is 2.24. The third kappa shape index (κ3) is 4.20. The smallest absolute Gasteiger partial charge is 0.229 e. The van der Waals surface area contributed by atoms with E-state index in [0.717, 1.165) is 6.26 Å². The van der Waals surface area contributed by atoms with Crippen LogP contribution in [0, 0.1) is 0 Å². The number of hydrogen-bond donors (Lipinski definition) is 1. The number of hydrogen-bond acceptors (Lipinski definition) is 3. The van der Waals surface area contributed by atoms with Gasteiger partial charge in [0.1, 0.15) is 0 Å². The predicted molar refractivity (Wildman–Crippen MR) is 84.8 cm³/mol. The van der Waals surface area contributed by atoms with Crippen molar-refractivity contribution in [3.8, 4) is 0 Å². The van der Waals surface area contributed by atoms with Crippen LogP contribution in [0.3, 0.4) is 0 Å². The van der Waals surface area contributed by atoms with Gasteiger partial charge >= 0.3 is 0 Å². The Labute approximate surface area is 132 Å². The van der Waals surface area contributed by atoms with E-state index in [1.54, 1.807) is 12.1 Å². The molecule has 0 radical (unpaired) electrons. The van der Waals surface area contributed by atoms with Crippen molar-refractivity contribution in [1.82, 2.24) is 0 Å². The van der Waals surface area contributed by atoms with E-state index in [9.17, 15) is 13.2 Å². The third-order valence-electron chi connectivity index (χ3n) is 2.63. The van der Waals surface area contributed by atoms with Crippen molar-refractivity contribution < 1.29 is 13.2 Å². The summed E-state index contributed by atoms with van der Waals surface area (Å²) in [6, 6.07) is 10.7. The number of sulfonamides is 1. The molecule has 0 aliphatic rings. The van der Waals surface area contributed by atoms with E-state index in [-0.39, 0.29) is 10.8 Å². The van der Waals surface area contributed by atoms with Crippen LogP contribution in [-0.2, 0) is 10.0 Å². The summed E-state index contributed by atoms with van der Waals surface area (Å²) in [7, 11) is -3.34. The average Bonchev–Trinajstić information content (AvgIpc) is 2.37. The Kier molecular flexibility index (Phi) is 4.56. The Morgan fingerprint density at radius 1 is 1.05 bits per heavy atom. The maximum atomic E-state index is 12.3. The Hall–Kier alpha value is -1.56. The molecule has 2 aromatic rings. The minimum atomic E-state index is -3.34. The fraction of sp³-hybridized carbons (Fsp3) is 0.0714. The van der Waals surface area contributed by atoms with Crippen molar-refractivity contribution in [3.63, 3.8) is 0 Å². The molecular weight excluding hydrogens is 333 g/mol. The molecule has 1 N–H and O–H groups in total. The molecule has 0 unspecified atom stereocenters. The summed E-state index contributed by atoms with van der Waals surface area (Å²) in [5.74, 6) is -0.262. The lowest BCUT2D eigenvalue weighted by Crippen LogP contribution is -2.09. The highest BCUT2D eigenvalue weighted by Gasteiger charge is 2.13. The fourth-order valence-corrected chi connectivity index (χ4v) is 2.79. The summed E-state index contributed by atoms with van der Waals surface area (Å²) < 4.78 is 24.5. The Morgan fingerprint density at radius 3 is 2.19 bits per heavy atom. The zero-order valence-corrected chi connectivity index (χ0v) is 13.3. The van der Waals surface area contributed by atoms with Gasteiger partial charge in [0, 0.05) is 21.8 Å². The van der Waals surface area contributed by atoms with Crippen molar-refractivity contribution >= 4 is 44.7 Å². The van der Waals surface area contributed by atoms with Gasteiger partial charge < -0.3 is 0 Å². The van der Waals surface area contributed by atoms with Gasteiger partial charge in [0.2, 0.25) is 10.0 Å². The van der Waals surface area contributed by atoms with Gasteiger partial charge in [0.15, 0.2) is 5.78 Å². The Balaban J connectivity index is 2.28. The first kappa shape index (κ1) is 15.8. The SMILES string of the molecule is CS(=O)(=O)Nc1ccc(C(=O)c2ccc(Cl)cc2Cl)cc1. The van der Waals surface area contributed by atoms with Crippen molar-refractivity contribution in [2.75, 3.05) is 11.0 Å². The van der Waals surface area contributed by atoms with E-state index in [2.05, 4.69) is 4.72 Å². The number of ketones is 1. The van der Waals surface area contributed by atoms with E-state index >= 15 is 0 Å². The molecule has 0 saturated carbocycles. The van der Waals surface area contributed by atoms with Crippen LogP contribution >= 0.6 is 23.2 Å². The molecule has 0 atom stereocenters. The van der Waals surface area contributed by atoms with Crippen molar-refractivity contribution in [2.45, 2.75) is 0 Å². The summed E-state index contributed by atoms with van der Waals surface area (Å²) in [6.45, 7) is 0. The summed E-state index contributed by atoms with van der Waals surface area (Å²) in [5.41, 5.74) is 1.12. The highest BCUT2D eigenvalue weighted by molar-refractivity contribution is 7.92. The number of anilines is 1. The summed E-state index contributed by atoms with van der Waals surface area (Å²) in [6.07, 6.45) is 1.06. The number of halogens is 2. The van der Waals surface area contributed by atoms with E-state index in [1.165, 1.54) is 30.3 Å². The van der Waals surface area contributed by atoms with E-state index in [0.29, 0.717) is 21.8 Å². The fourth-order valence-electron chi connectivity index (χ4n) is 1.73. The van der Waals surface area contributed by atoms with Gasteiger partial charge in [-0.1, -0.05) is 23.2 Å². The molecule has 0 aromatic heterocycles. The Bertz CT molecular complexity index is 786. The van der Waals surface area contributed by atoms with Crippen LogP contribution in [0.2, 0.25) is 10.0 Å². The molecular formula is C14H11Cl2NO3S. The molecule has 0 aliphatic heterocycles. The molecule has 0 bridgehead atoms. The highest BCUT2D eigenvalue weighted by atomic mass is 35.5. The lowest BCUT2D eigenvalue weighted by Gasteiger charge is -2.06. The number of benzene rings is 2. The van der Waals surface area contributed by atoms with E-state index in [4.69, 9.17) is 23.2 Å². The summed E-state index contributed by atoms with van der Waals surface area (Å²) >= 11 is 11.8. The van der Waals surface area contributed by atoms with Gasteiger partial charge in [0.25, 0.3) is 0 Å². The molecule has 110 valence electrons. The minimum Gasteiger partial charge on any atom is -0.289 e. The first-order valence-corrected chi connectivity index (χ1v) is 8.48. The molecule has 0 fully saturated rings. The molecule has 0 saturated heterocycles. The lowest BCUT2D eigenvalue weighted by molar-refractivity contribution is 0.103. The van der Waals surface area contributed by atoms with Crippen LogP contribution in [0.5, 0.6) is 0 Å². The van der Waals surface area contributed by atoms with Gasteiger partial charge in [0.05, 0.1) is 11.3 Å². The second kappa shape index (κ2) is 6.05. The minimum absolute atomic E-state index is 0.262. The molecule has 4 nitrogen and oxygen atoms in total. The second-order valence-corrected chi connectivity index (χ2v) is 7.00. The van der Waals surface area contributed by atoms with Gasteiger partial charge in [-0.25, -0.2) is 8.42 Å². The molecule has 21 heavy (non-hydrogen) atoms. The van der Waals surface area contributed by atoms with Gasteiger partial charge in [-0.3, -0.25) is 9.52 Å². The Morgan fingerprint density at radius 2 is 1.67 bits per heavy atom. The summed E-state index contributed by atoms with van der Waals surface area (Å²) in [4.78, 5) is 12.3. The first-order chi connectivity index (χ1) is 9.76. The van der Waals surface area contributed by atoms with Crippen molar-refractivity contribution in [1.29, 1.82) is 0 Å². The van der Waals surface area contributed by atoms with Crippen molar-refractivity contribution in [2.24, 2.45) is 0 Å². The molecule has 0 spiro atoms. The van der Waals surface area contributed by atoms with Gasteiger partial charge in [-0.15, -0.1) is 0 Å². The topological polar surface area (TPSA) is 63.2 Å². The largest absolute Gasteiger partial charge is 0.289 e. The lowest BCUT2D eigenvalue weighted by atomic mass is 10.0. The van der Waals surface area contributed by atoms with Gasteiger partial charge in [-0.2, -0.15) is 0 Å². The van der Waals surface area contributed by atoms with E-state index in [1.807, 2.05) is 0 Å². The van der Waals surface area contributed by atoms with Crippen LogP contribution < -0.4 is 4.72 Å². The van der Waals surface area contributed by atoms with E-state index < -0.39 is 10.0 Å². The number of nitrogens with one attached hydrogen (secondary N) is 1. The molecule has 7 heteroatoms. The molecule has 2 aromatic carbocycles. The van der Waals surface area contributed by atoms with Gasteiger partial charge in [-0.05, 0) is 42.5 Å². The molecule has 0 heterocycles. The van der Waals surface area contributed by atoms with Crippen LogP contribution in [0.1, 0.15) is 15.9 Å². The summed E-state index contributed by atoms with van der Waals surface area (Å²) in [5, 5.41) is 0.718. The number of carbonyl (C=O) groups is 1. The number of rotatable bonds is 4. The normalized spacial score (nSPS) is 11.2. The van der Waals surface area contributed by atoms with Crippen LogP contribution in [0.25, 0.3) is 0 Å². The third-order valence-corrected chi connectivity index (χ3v) is 3.78. The number of carbonyl (C=O) groups excluding carboxylic acids is 1. The molecule has 0 amide bonds. The average molecular weight is 344 g/mol. The monoisotopic (exact) mass is 343 g/mol. The standard InChI is InChI=1S/C14H11Cl2NO3S/c1-21(19,20)17-11-5-2-9(3-6-11)14(18)12-7-4-10(15)8-13(12)16/h2-8,17H,1H3. The second-order valence-electron chi connectivity index (χ2n) is 4.40.